The largest absolute Gasteiger partial charge is 0.293 e. The molecular formula is C20H20N6OS2. The van der Waals surface area contributed by atoms with E-state index in [1.54, 1.807) is 0 Å². The van der Waals surface area contributed by atoms with Crippen LogP contribution in [0.4, 0.5) is 5.95 Å². The number of hydrogen-bond donors (Lipinski definition) is 1. The van der Waals surface area contributed by atoms with E-state index in [1.165, 1.54) is 28.9 Å². The van der Waals surface area contributed by atoms with E-state index in [4.69, 9.17) is 0 Å². The molecule has 0 spiro atoms. The van der Waals surface area contributed by atoms with Gasteiger partial charge in [0.25, 0.3) is 0 Å². The van der Waals surface area contributed by atoms with Gasteiger partial charge < -0.3 is 0 Å². The Morgan fingerprint density at radius 3 is 2.69 bits per heavy atom. The number of pyridine rings is 1. The molecule has 0 atom stereocenters. The summed E-state index contributed by atoms with van der Waals surface area (Å²) in [6, 6.07) is 14.0. The first-order chi connectivity index (χ1) is 13.9. The van der Waals surface area contributed by atoms with Gasteiger partial charge in [-0.1, -0.05) is 62.9 Å². The highest BCUT2D eigenvalue weighted by Crippen LogP contribution is 2.27. The van der Waals surface area contributed by atoms with Crippen LogP contribution in [0.25, 0.3) is 16.2 Å². The molecule has 0 saturated heterocycles. The topological polar surface area (TPSA) is 85.1 Å². The fourth-order valence-corrected chi connectivity index (χ4v) is 4.07. The first-order valence-corrected chi connectivity index (χ1v) is 10.8. The van der Waals surface area contributed by atoms with E-state index >= 15 is 0 Å². The second kappa shape index (κ2) is 7.92. The summed E-state index contributed by atoms with van der Waals surface area (Å²) in [5, 5.41) is 12.4. The Bertz CT molecular complexity index is 1140. The zero-order valence-electron chi connectivity index (χ0n) is 16.3. The molecule has 0 bridgehead atoms. The third-order valence-corrected chi connectivity index (χ3v) is 6.00. The minimum Gasteiger partial charge on any atom is -0.293 e. The predicted octanol–water partition coefficient (Wildman–Crippen LogP) is 4.28. The van der Waals surface area contributed by atoms with E-state index in [2.05, 4.69) is 57.8 Å². The molecule has 4 aromatic rings. The SMILES string of the molecule is CC(C)(C)c1ccc(-c2nc(NC(=O)CSc3nnc4ccccn34)ns2)cc1. The molecule has 1 aromatic carbocycles. The zero-order chi connectivity index (χ0) is 20.4. The highest BCUT2D eigenvalue weighted by Gasteiger charge is 2.15. The Morgan fingerprint density at radius 2 is 1.93 bits per heavy atom. The summed E-state index contributed by atoms with van der Waals surface area (Å²) in [6.45, 7) is 6.54. The maximum Gasteiger partial charge on any atom is 0.241 e. The number of anilines is 1. The van der Waals surface area contributed by atoms with E-state index < -0.39 is 0 Å². The first-order valence-electron chi connectivity index (χ1n) is 9.07. The van der Waals surface area contributed by atoms with Crippen molar-refractivity contribution in [1.82, 2.24) is 24.0 Å². The predicted molar refractivity (Wildman–Crippen MR) is 116 cm³/mol. The van der Waals surface area contributed by atoms with Crippen molar-refractivity contribution in [2.24, 2.45) is 0 Å². The van der Waals surface area contributed by atoms with E-state index in [-0.39, 0.29) is 17.1 Å². The fourth-order valence-electron chi connectivity index (χ4n) is 2.71. The minimum absolute atomic E-state index is 0.103. The third kappa shape index (κ3) is 4.46. The number of nitrogens with one attached hydrogen (secondary N) is 1. The molecule has 0 fully saturated rings. The lowest BCUT2D eigenvalue weighted by Gasteiger charge is -2.18. The molecule has 148 valence electrons. The van der Waals surface area contributed by atoms with E-state index in [0.29, 0.717) is 11.1 Å². The Kier molecular flexibility index (Phi) is 5.33. The number of benzene rings is 1. The van der Waals surface area contributed by atoms with Crippen molar-refractivity contribution in [1.29, 1.82) is 0 Å². The molecule has 9 heteroatoms. The van der Waals surface area contributed by atoms with Gasteiger partial charge in [-0.3, -0.25) is 14.5 Å². The van der Waals surface area contributed by atoms with Crippen molar-refractivity contribution < 1.29 is 4.79 Å². The normalized spacial score (nSPS) is 11.7. The molecule has 1 amide bonds. The molecule has 4 rings (SSSR count). The van der Waals surface area contributed by atoms with Crippen LogP contribution in [-0.4, -0.2) is 35.6 Å². The van der Waals surface area contributed by atoms with Crippen LogP contribution in [0.2, 0.25) is 0 Å². The van der Waals surface area contributed by atoms with Gasteiger partial charge in [-0.15, -0.1) is 10.2 Å². The van der Waals surface area contributed by atoms with Crippen molar-refractivity contribution >= 4 is 40.8 Å². The van der Waals surface area contributed by atoms with Gasteiger partial charge in [0.2, 0.25) is 11.9 Å². The van der Waals surface area contributed by atoms with Crippen LogP contribution in [-0.2, 0) is 10.2 Å². The summed E-state index contributed by atoms with van der Waals surface area (Å²) in [6.07, 6.45) is 1.87. The van der Waals surface area contributed by atoms with Crippen molar-refractivity contribution in [3.63, 3.8) is 0 Å². The maximum absolute atomic E-state index is 12.3. The van der Waals surface area contributed by atoms with Gasteiger partial charge in [0.15, 0.2) is 10.8 Å². The van der Waals surface area contributed by atoms with Gasteiger partial charge in [-0.25, -0.2) is 0 Å². The molecule has 29 heavy (non-hydrogen) atoms. The third-order valence-electron chi connectivity index (χ3n) is 4.29. The monoisotopic (exact) mass is 424 g/mol. The Balaban J connectivity index is 1.38. The van der Waals surface area contributed by atoms with Gasteiger partial charge >= 0.3 is 0 Å². The molecule has 0 aliphatic heterocycles. The number of hydrogen-bond acceptors (Lipinski definition) is 7. The summed E-state index contributed by atoms with van der Waals surface area (Å²) in [5.74, 6) is 0.335. The molecule has 0 radical (unpaired) electrons. The highest BCUT2D eigenvalue weighted by atomic mass is 32.2. The fraction of sp³-hybridized carbons (Fsp3) is 0.250. The first kappa shape index (κ1) is 19.5. The highest BCUT2D eigenvalue weighted by molar-refractivity contribution is 7.99. The molecule has 0 aliphatic rings. The van der Waals surface area contributed by atoms with Gasteiger partial charge in [0, 0.05) is 11.8 Å². The average Bonchev–Trinajstić information content (AvgIpc) is 3.33. The molecule has 0 unspecified atom stereocenters. The number of rotatable bonds is 5. The number of fused-ring (bicyclic) bond motifs is 1. The number of aromatic nitrogens is 5. The minimum atomic E-state index is -0.185. The van der Waals surface area contributed by atoms with Crippen LogP contribution in [0.5, 0.6) is 0 Å². The van der Waals surface area contributed by atoms with Crippen LogP contribution in [0.1, 0.15) is 26.3 Å². The number of carbonyl (C=O) groups is 1. The molecule has 0 saturated carbocycles. The number of amides is 1. The van der Waals surface area contributed by atoms with Gasteiger partial charge in [0.1, 0.15) is 5.01 Å². The number of nitrogens with zero attached hydrogens (tertiary/aromatic N) is 5. The summed E-state index contributed by atoms with van der Waals surface area (Å²) < 4.78 is 6.10. The van der Waals surface area contributed by atoms with Crippen LogP contribution in [0.3, 0.4) is 0 Å². The van der Waals surface area contributed by atoms with Crippen LogP contribution >= 0.6 is 23.3 Å². The van der Waals surface area contributed by atoms with Crippen LogP contribution in [0, 0.1) is 0 Å². The second-order valence-electron chi connectivity index (χ2n) is 7.50. The summed E-state index contributed by atoms with van der Waals surface area (Å²) in [4.78, 5) is 16.7. The van der Waals surface area contributed by atoms with Crippen molar-refractivity contribution in [3.05, 3.63) is 54.2 Å². The Labute approximate surface area is 176 Å². The standard InChI is InChI=1S/C20H20N6OS2/c1-20(2,3)14-9-7-13(8-10-14)17-22-18(25-29-17)21-16(27)12-28-19-24-23-15-6-4-5-11-26(15)19/h4-11H,12H2,1-3H3,(H,21,25,27). The van der Waals surface area contributed by atoms with Gasteiger partial charge in [0.05, 0.1) is 5.75 Å². The van der Waals surface area contributed by atoms with E-state index in [1.807, 2.05) is 40.9 Å². The molecule has 3 heterocycles. The Hall–Kier alpha value is -2.78. The number of thioether (sulfide) groups is 1. The van der Waals surface area contributed by atoms with E-state index in [9.17, 15) is 4.79 Å². The lowest BCUT2D eigenvalue weighted by Crippen LogP contribution is -2.15. The van der Waals surface area contributed by atoms with Gasteiger partial charge in [-0.05, 0) is 34.6 Å². The second-order valence-corrected chi connectivity index (χ2v) is 9.19. The van der Waals surface area contributed by atoms with Crippen molar-refractivity contribution in [2.75, 3.05) is 11.1 Å². The molecule has 0 aliphatic carbocycles. The maximum atomic E-state index is 12.3. The Morgan fingerprint density at radius 1 is 1.14 bits per heavy atom. The van der Waals surface area contributed by atoms with E-state index in [0.717, 1.165) is 16.2 Å². The van der Waals surface area contributed by atoms with Crippen LogP contribution < -0.4 is 5.32 Å². The zero-order valence-corrected chi connectivity index (χ0v) is 17.9. The molecule has 3 aromatic heterocycles. The van der Waals surface area contributed by atoms with Crippen LogP contribution in [0.15, 0.2) is 53.8 Å². The summed E-state index contributed by atoms with van der Waals surface area (Å²) in [5.41, 5.74) is 3.10. The lowest BCUT2D eigenvalue weighted by atomic mass is 9.87. The van der Waals surface area contributed by atoms with Crippen molar-refractivity contribution in [2.45, 2.75) is 31.3 Å². The summed E-state index contributed by atoms with van der Waals surface area (Å²) >= 11 is 2.58. The lowest BCUT2D eigenvalue weighted by molar-refractivity contribution is -0.113. The average molecular weight is 425 g/mol. The smallest absolute Gasteiger partial charge is 0.241 e. The molecular weight excluding hydrogens is 404 g/mol. The quantitative estimate of drug-likeness (QED) is 0.482. The number of carbonyl (C=O) groups excluding carboxylic acids is 1. The van der Waals surface area contributed by atoms with Crippen molar-refractivity contribution in [3.8, 4) is 10.6 Å². The summed E-state index contributed by atoms with van der Waals surface area (Å²) in [7, 11) is 0. The van der Waals surface area contributed by atoms with Gasteiger partial charge in [-0.2, -0.15) is 9.36 Å². The molecule has 7 nitrogen and oxygen atoms in total. The molecule has 1 N–H and O–H groups in total.